The Morgan fingerprint density at radius 1 is 1.11 bits per heavy atom. The summed E-state index contributed by atoms with van der Waals surface area (Å²) in [6.07, 6.45) is 6.13. The molecule has 2 aromatic carbocycles. The van der Waals surface area contributed by atoms with E-state index in [2.05, 4.69) is 23.6 Å². The second-order valence-corrected chi connectivity index (χ2v) is 9.25. The van der Waals surface area contributed by atoms with Crippen molar-refractivity contribution in [2.75, 3.05) is 13.7 Å². The first-order valence-corrected chi connectivity index (χ1v) is 12.3. The van der Waals surface area contributed by atoms with Crippen LogP contribution in [0.1, 0.15) is 31.5 Å². The van der Waals surface area contributed by atoms with Crippen molar-refractivity contribution >= 4 is 28.4 Å². The van der Waals surface area contributed by atoms with E-state index in [4.69, 9.17) is 9.47 Å². The summed E-state index contributed by atoms with van der Waals surface area (Å²) < 4.78 is 42.6. The number of alkyl halides is 2. The van der Waals surface area contributed by atoms with Gasteiger partial charge in [-0.15, -0.1) is 11.3 Å². The summed E-state index contributed by atoms with van der Waals surface area (Å²) in [5, 5.41) is 1.78. The molecule has 0 N–H and O–H groups in total. The largest absolute Gasteiger partial charge is 0.493 e. The number of halogens is 2. The van der Waals surface area contributed by atoms with Crippen LogP contribution in [0.15, 0.2) is 58.8 Å². The molecule has 188 valence electrons. The van der Waals surface area contributed by atoms with Crippen LogP contribution in [-0.4, -0.2) is 29.7 Å². The minimum absolute atomic E-state index is 0.00934. The lowest BCUT2D eigenvalue weighted by Gasteiger charge is -2.14. The summed E-state index contributed by atoms with van der Waals surface area (Å²) in [5.41, 5.74) is 1.84. The van der Waals surface area contributed by atoms with E-state index in [0.717, 1.165) is 12.0 Å². The molecule has 0 amide bonds. The number of nitrogens with zero attached hydrogens (tertiary/aromatic N) is 2. The highest BCUT2D eigenvalue weighted by molar-refractivity contribution is 7.15. The van der Waals surface area contributed by atoms with Crippen LogP contribution in [0.25, 0.3) is 28.2 Å². The first-order valence-electron chi connectivity index (χ1n) is 11.4. The number of para-hydroxylation sites is 1. The predicted molar refractivity (Wildman–Crippen MR) is 138 cm³/mol. The number of methoxy groups -OCH3 is 1. The van der Waals surface area contributed by atoms with Gasteiger partial charge in [-0.05, 0) is 48.3 Å². The fraction of sp³-hybridized carbons (Fsp3) is 0.259. The Balaban J connectivity index is 1.76. The third-order valence-corrected chi connectivity index (χ3v) is 6.21. The molecular formula is C27H26F2N2O4S. The number of thiazole rings is 1. The molecule has 0 fully saturated rings. The number of hydrogen-bond donors (Lipinski definition) is 0. The maximum Gasteiger partial charge on any atom is 0.387 e. The summed E-state index contributed by atoms with van der Waals surface area (Å²) in [7, 11) is 1.59. The standard InChI is InChI=1S/C27H26F2N2O4S/c1-17(2)13-15-34-24-19(5-4-6-22(24)33-3)9-12-21-23(25(32)31-14-16-36-27(31)30-21)18-7-10-20(11-8-18)35-26(28)29/h4-12,14,16-17,26H,13,15H2,1-3H3. The van der Waals surface area contributed by atoms with Gasteiger partial charge in [0.1, 0.15) is 5.75 Å². The van der Waals surface area contributed by atoms with E-state index in [1.54, 1.807) is 36.9 Å². The zero-order chi connectivity index (χ0) is 25.7. The van der Waals surface area contributed by atoms with Crippen LogP contribution < -0.4 is 19.8 Å². The Bertz CT molecular complexity index is 1410. The van der Waals surface area contributed by atoms with Gasteiger partial charge in [0.25, 0.3) is 5.56 Å². The van der Waals surface area contributed by atoms with Gasteiger partial charge in [0.15, 0.2) is 16.5 Å². The van der Waals surface area contributed by atoms with Gasteiger partial charge in [-0.1, -0.05) is 38.1 Å². The number of aromatic nitrogens is 2. The molecule has 36 heavy (non-hydrogen) atoms. The summed E-state index contributed by atoms with van der Waals surface area (Å²) in [5.74, 6) is 1.72. The highest BCUT2D eigenvalue weighted by Crippen LogP contribution is 2.33. The summed E-state index contributed by atoms with van der Waals surface area (Å²) in [6.45, 7) is 1.87. The summed E-state index contributed by atoms with van der Waals surface area (Å²) in [4.78, 5) is 18.6. The SMILES string of the molecule is COc1cccc(C=Cc2nc3sccn3c(=O)c2-c2ccc(OC(F)F)cc2)c1OCCC(C)C. The van der Waals surface area contributed by atoms with Gasteiger partial charge in [0.2, 0.25) is 0 Å². The molecule has 0 aliphatic heterocycles. The van der Waals surface area contributed by atoms with E-state index in [1.165, 1.54) is 27.9 Å². The second kappa shape index (κ2) is 11.3. The first-order chi connectivity index (χ1) is 17.4. The zero-order valence-electron chi connectivity index (χ0n) is 20.1. The molecule has 0 aliphatic rings. The number of benzene rings is 2. The van der Waals surface area contributed by atoms with Crippen molar-refractivity contribution in [2.45, 2.75) is 26.9 Å². The van der Waals surface area contributed by atoms with Crippen molar-refractivity contribution in [3.63, 3.8) is 0 Å². The van der Waals surface area contributed by atoms with Gasteiger partial charge in [0, 0.05) is 17.1 Å². The van der Waals surface area contributed by atoms with Gasteiger partial charge < -0.3 is 14.2 Å². The van der Waals surface area contributed by atoms with Gasteiger partial charge in [-0.2, -0.15) is 8.78 Å². The van der Waals surface area contributed by atoms with Gasteiger partial charge >= 0.3 is 6.61 Å². The zero-order valence-corrected chi connectivity index (χ0v) is 20.9. The smallest absolute Gasteiger partial charge is 0.387 e. The Hall–Kier alpha value is -3.72. The predicted octanol–water partition coefficient (Wildman–Crippen LogP) is 6.63. The first kappa shape index (κ1) is 25.4. The molecule has 0 saturated carbocycles. The average Bonchev–Trinajstić information content (AvgIpc) is 3.32. The topological polar surface area (TPSA) is 62.1 Å². The van der Waals surface area contributed by atoms with Gasteiger partial charge in [-0.25, -0.2) is 4.98 Å². The molecule has 0 unspecified atom stereocenters. The summed E-state index contributed by atoms with van der Waals surface area (Å²) >= 11 is 1.34. The molecule has 0 atom stereocenters. The van der Waals surface area contributed by atoms with E-state index < -0.39 is 6.61 Å². The number of hydrogen-bond acceptors (Lipinski definition) is 6. The quantitative estimate of drug-likeness (QED) is 0.239. The maximum atomic E-state index is 13.4. The Kier molecular flexibility index (Phi) is 8.00. The van der Waals surface area contributed by atoms with Crippen LogP contribution in [0.2, 0.25) is 0 Å². The van der Waals surface area contributed by atoms with E-state index in [0.29, 0.717) is 45.8 Å². The number of ether oxygens (including phenoxy) is 3. The molecule has 9 heteroatoms. The lowest BCUT2D eigenvalue weighted by Crippen LogP contribution is -2.17. The van der Waals surface area contributed by atoms with Crippen molar-refractivity contribution in [3.05, 3.63) is 75.7 Å². The third-order valence-electron chi connectivity index (χ3n) is 5.45. The van der Waals surface area contributed by atoms with Crippen LogP contribution in [0.5, 0.6) is 17.2 Å². The molecule has 0 aliphatic carbocycles. The summed E-state index contributed by atoms with van der Waals surface area (Å²) in [6, 6.07) is 11.5. The Morgan fingerprint density at radius 3 is 2.58 bits per heavy atom. The van der Waals surface area contributed by atoms with Crippen molar-refractivity contribution in [2.24, 2.45) is 5.92 Å². The molecule has 6 nitrogen and oxygen atoms in total. The van der Waals surface area contributed by atoms with E-state index in [9.17, 15) is 13.6 Å². The lowest BCUT2D eigenvalue weighted by atomic mass is 10.0. The second-order valence-electron chi connectivity index (χ2n) is 8.38. The monoisotopic (exact) mass is 512 g/mol. The molecule has 0 saturated heterocycles. The average molecular weight is 513 g/mol. The van der Waals surface area contributed by atoms with Gasteiger partial charge in [0.05, 0.1) is 25.0 Å². The fourth-order valence-corrected chi connectivity index (χ4v) is 4.35. The molecule has 2 heterocycles. The van der Waals surface area contributed by atoms with E-state index >= 15 is 0 Å². The van der Waals surface area contributed by atoms with Crippen LogP contribution in [0.3, 0.4) is 0 Å². The minimum atomic E-state index is -2.93. The molecule has 2 aromatic heterocycles. The highest BCUT2D eigenvalue weighted by atomic mass is 32.1. The van der Waals surface area contributed by atoms with Crippen LogP contribution in [0.4, 0.5) is 8.78 Å². The van der Waals surface area contributed by atoms with Crippen LogP contribution in [0, 0.1) is 5.92 Å². The number of rotatable bonds is 10. The third kappa shape index (κ3) is 5.73. The van der Waals surface area contributed by atoms with Crippen molar-refractivity contribution in [3.8, 4) is 28.4 Å². The normalized spacial score (nSPS) is 11.6. The van der Waals surface area contributed by atoms with Crippen LogP contribution >= 0.6 is 11.3 Å². The Morgan fingerprint density at radius 2 is 1.89 bits per heavy atom. The van der Waals surface area contributed by atoms with E-state index in [1.807, 2.05) is 24.3 Å². The van der Waals surface area contributed by atoms with Crippen LogP contribution in [-0.2, 0) is 0 Å². The van der Waals surface area contributed by atoms with Gasteiger partial charge in [-0.3, -0.25) is 9.20 Å². The fourth-order valence-electron chi connectivity index (χ4n) is 3.64. The van der Waals surface area contributed by atoms with Crippen molar-refractivity contribution in [1.82, 2.24) is 9.38 Å². The molecule has 4 rings (SSSR count). The molecule has 4 aromatic rings. The van der Waals surface area contributed by atoms with Crippen molar-refractivity contribution in [1.29, 1.82) is 0 Å². The Labute approximate surface area is 211 Å². The lowest BCUT2D eigenvalue weighted by molar-refractivity contribution is -0.0498. The maximum absolute atomic E-state index is 13.4. The molecule has 0 radical (unpaired) electrons. The highest BCUT2D eigenvalue weighted by Gasteiger charge is 2.16. The molecule has 0 spiro atoms. The molecule has 0 bridgehead atoms. The minimum Gasteiger partial charge on any atom is -0.493 e. The van der Waals surface area contributed by atoms with Crippen molar-refractivity contribution < 1.29 is 23.0 Å². The number of fused-ring (bicyclic) bond motifs is 1. The van der Waals surface area contributed by atoms with E-state index in [-0.39, 0.29) is 11.3 Å². The molecular weight excluding hydrogens is 486 g/mol.